The average molecular weight is 437 g/mol. The first-order valence-electron chi connectivity index (χ1n) is 10.9. The Hall–Kier alpha value is -3.49. The predicted octanol–water partition coefficient (Wildman–Crippen LogP) is 2.72. The zero-order valence-electron chi connectivity index (χ0n) is 18.4. The number of carbonyl (C=O) groups is 2. The number of hydrogen-bond acceptors (Lipinski definition) is 6. The molecule has 3 heterocycles. The molecule has 0 aliphatic carbocycles. The molecule has 2 aromatic heterocycles. The number of carbonyl (C=O) groups excluding carboxylic acids is 1. The highest BCUT2D eigenvalue weighted by Gasteiger charge is 2.25. The minimum atomic E-state index is -1.03. The van der Waals surface area contributed by atoms with Crippen molar-refractivity contribution < 1.29 is 14.7 Å². The molecule has 168 valence electrons. The SMILES string of the molecule is CCC(=O)N(Cc1nn(C)c2ccccc12)CC1CCN(c2ncc(C(=O)O)cn2)CC1. The number of aryl methyl sites for hydroxylation is 1. The van der Waals surface area contributed by atoms with Crippen molar-refractivity contribution in [2.75, 3.05) is 24.5 Å². The lowest BCUT2D eigenvalue weighted by atomic mass is 9.96. The Kier molecular flexibility index (Phi) is 6.34. The molecule has 0 bridgehead atoms. The lowest BCUT2D eigenvalue weighted by Gasteiger charge is -2.34. The second-order valence-corrected chi connectivity index (χ2v) is 8.22. The molecule has 1 saturated heterocycles. The van der Waals surface area contributed by atoms with E-state index in [2.05, 4.69) is 26.0 Å². The maximum atomic E-state index is 12.7. The summed E-state index contributed by atoms with van der Waals surface area (Å²) in [6.07, 6.45) is 4.99. The van der Waals surface area contributed by atoms with Crippen molar-refractivity contribution in [3.63, 3.8) is 0 Å². The van der Waals surface area contributed by atoms with Gasteiger partial charge in [-0.15, -0.1) is 0 Å². The van der Waals surface area contributed by atoms with Gasteiger partial charge < -0.3 is 14.9 Å². The molecule has 0 radical (unpaired) electrons. The third-order valence-electron chi connectivity index (χ3n) is 6.09. The van der Waals surface area contributed by atoms with Gasteiger partial charge in [-0.25, -0.2) is 14.8 Å². The minimum Gasteiger partial charge on any atom is -0.478 e. The van der Waals surface area contributed by atoms with Crippen molar-refractivity contribution in [1.29, 1.82) is 0 Å². The number of amides is 1. The first-order chi connectivity index (χ1) is 15.5. The third kappa shape index (κ3) is 4.56. The van der Waals surface area contributed by atoms with Crippen LogP contribution in [0.1, 0.15) is 42.2 Å². The second kappa shape index (κ2) is 9.33. The van der Waals surface area contributed by atoms with E-state index in [1.165, 1.54) is 12.4 Å². The van der Waals surface area contributed by atoms with E-state index >= 15 is 0 Å². The molecular formula is C23H28N6O3. The summed E-state index contributed by atoms with van der Waals surface area (Å²) in [6.45, 7) is 4.65. The number of para-hydroxylation sites is 1. The molecular weight excluding hydrogens is 408 g/mol. The fourth-order valence-electron chi connectivity index (χ4n) is 4.29. The fraction of sp³-hybridized carbons (Fsp3) is 0.435. The summed E-state index contributed by atoms with van der Waals surface area (Å²) in [5, 5.41) is 14.8. The Bertz CT molecular complexity index is 1100. The van der Waals surface area contributed by atoms with Gasteiger partial charge in [0.05, 0.1) is 23.3 Å². The van der Waals surface area contributed by atoms with E-state index in [0.29, 0.717) is 31.4 Å². The average Bonchev–Trinajstić information content (AvgIpc) is 3.14. The van der Waals surface area contributed by atoms with E-state index in [1.54, 1.807) is 0 Å². The van der Waals surface area contributed by atoms with Crippen LogP contribution in [0.5, 0.6) is 0 Å². The molecule has 0 saturated carbocycles. The zero-order chi connectivity index (χ0) is 22.7. The van der Waals surface area contributed by atoms with Crippen molar-refractivity contribution in [2.45, 2.75) is 32.7 Å². The van der Waals surface area contributed by atoms with E-state index in [-0.39, 0.29) is 11.5 Å². The van der Waals surface area contributed by atoms with Crippen LogP contribution in [-0.2, 0) is 18.4 Å². The number of carboxylic acids is 1. The van der Waals surface area contributed by atoms with Crippen LogP contribution < -0.4 is 4.90 Å². The molecule has 9 nitrogen and oxygen atoms in total. The molecule has 3 aromatic rings. The van der Waals surface area contributed by atoms with Gasteiger partial charge in [0.2, 0.25) is 11.9 Å². The summed E-state index contributed by atoms with van der Waals surface area (Å²) in [6, 6.07) is 8.09. The predicted molar refractivity (Wildman–Crippen MR) is 120 cm³/mol. The van der Waals surface area contributed by atoms with E-state index in [0.717, 1.165) is 42.5 Å². The largest absolute Gasteiger partial charge is 0.478 e. The summed E-state index contributed by atoms with van der Waals surface area (Å²) in [5.41, 5.74) is 2.07. The van der Waals surface area contributed by atoms with Crippen LogP contribution in [0.15, 0.2) is 36.7 Å². The Labute approximate surface area is 186 Å². The molecule has 1 amide bonds. The standard InChI is InChI=1S/C23H28N6O3/c1-3-21(30)29(15-19-18-6-4-5-7-20(18)27(2)26-19)14-16-8-10-28(11-9-16)23-24-12-17(13-25-23)22(31)32/h4-7,12-13,16H,3,8-11,14-15H2,1-2H3,(H,31,32). The monoisotopic (exact) mass is 436 g/mol. The van der Waals surface area contributed by atoms with Crippen LogP contribution in [0.25, 0.3) is 10.9 Å². The smallest absolute Gasteiger partial charge is 0.338 e. The summed E-state index contributed by atoms with van der Waals surface area (Å²) >= 11 is 0. The van der Waals surface area contributed by atoms with E-state index in [9.17, 15) is 9.59 Å². The van der Waals surface area contributed by atoms with Crippen LogP contribution in [-0.4, -0.2) is 61.3 Å². The van der Waals surface area contributed by atoms with Crippen LogP contribution in [0, 0.1) is 5.92 Å². The Morgan fingerprint density at radius 3 is 2.50 bits per heavy atom. The number of fused-ring (bicyclic) bond motifs is 1. The highest BCUT2D eigenvalue weighted by molar-refractivity contribution is 5.86. The maximum Gasteiger partial charge on any atom is 0.338 e. The van der Waals surface area contributed by atoms with E-state index in [1.807, 2.05) is 41.8 Å². The van der Waals surface area contributed by atoms with Gasteiger partial charge in [-0.05, 0) is 24.8 Å². The van der Waals surface area contributed by atoms with Gasteiger partial charge in [0.25, 0.3) is 0 Å². The van der Waals surface area contributed by atoms with Crippen molar-refractivity contribution in [1.82, 2.24) is 24.6 Å². The van der Waals surface area contributed by atoms with Gasteiger partial charge in [-0.2, -0.15) is 5.10 Å². The summed E-state index contributed by atoms with van der Waals surface area (Å²) in [7, 11) is 1.93. The van der Waals surface area contributed by atoms with Crippen molar-refractivity contribution in [2.24, 2.45) is 13.0 Å². The first kappa shape index (κ1) is 21.7. The minimum absolute atomic E-state index is 0.0828. The van der Waals surface area contributed by atoms with Gasteiger partial charge in [0, 0.05) is 50.9 Å². The Balaban J connectivity index is 1.41. The third-order valence-corrected chi connectivity index (χ3v) is 6.09. The molecule has 9 heteroatoms. The first-order valence-corrected chi connectivity index (χ1v) is 10.9. The number of piperidine rings is 1. The van der Waals surface area contributed by atoms with Gasteiger partial charge in [-0.3, -0.25) is 9.48 Å². The van der Waals surface area contributed by atoms with Crippen molar-refractivity contribution >= 4 is 28.7 Å². The molecule has 0 atom stereocenters. The normalized spacial score (nSPS) is 14.6. The summed E-state index contributed by atoms with van der Waals surface area (Å²) in [5.74, 6) is 0.0382. The number of rotatable bonds is 7. The molecule has 4 rings (SSSR count). The van der Waals surface area contributed by atoms with Crippen LogP contribution >= 0.6 is 0 Å². The quantitative estimate of drug-likeness (QED) is 0.607. The van der Waals surface area contributed by atoms with Crippen molar-refractivity contribution in [3.05, 3.63) is 47.9 Å². The van der Waals surface area contributed by atoms with Crippen LogP contribution in [0.3, 0.4) is 0 Å². The number of carboxylic acid groups (broad SMARTS) is 1. The fourth-order valence-corrected chi connectivity index (χ4v) is 4.29. The lowest BCUT2D eigenvalue weighted by molar-refractivity contribution is -0.132. The number of aromatic carboxylic acids is 1. The zero-order valence-corrected chi connectivity index (χ0v) is 18.4. The summed E-state index contributed by atoms with van der Waals surface area (Å²) < 4.78 is 1.87. The van der Waals surface area contributed by atoms with E-state index < -0.39 is 5.97 Å². The highest BCUT2D eigenvalue weighted by Crippen LogP contribution is 2.24. The molecule has 1 N–H and O–H groups in total. The van der Waals surface area contributed by atoms with Crippen LogP contribution in [0.2, 0.25) is 0 Å². The molecule has 32 heavy (non-hydrogen) atoms. The van der Waals surface area contributed by atoms with Gasteiger partial charge >= 0.3 is 5.97 Å². The molecule has 1 fully saturated rings. The lowest BCUT2D eigenvalue weighted by Crippen LogP contribution is -2.41. The molecule has 1 aromatic carbocycles. The molecule has 0 unspecified atom stereocenters. The summed E-state index contributed by atoms with van der Waals surface area (Å²) in [4.78, 5) is 36.1. The number of aromatic nitrogens is 4. The van der Waals surface area contributed by atoms with Crippen molar-refractivity contribution in [3.8, 4) is 0 Å². The van der Waals surface area contributed by atoms with Gasteiger partial charge in [0.15, 0.2) is 0 Å². The molecule has 1 aliphatic rings. The Morgan fingerprint density at radius 1 is 1.16 bits per heavy atom. The Morgan fingerprint density at radius 2 is 1.84 bits per heavy atom. The topological polar surface area (TPSA) is 104 Å². The second-order valence-electron chi connectivity index (χ2n) is 8.22. The van der Waals surface area contributed by atoms with Gasteiger partial charge in [0.1, 0.15) is 0 Å². The number of anilines is 1. The number of benzene rings is 1. The highest BCUT2D eigenvalue weighted by atomic mass is 16.4. The van der Waals surface area contributed by atoms with Crippen LogP contribution in [0.4, 0.5) is 5.95 Å². The van der Waals surface area contributed by atoms with Gasteiger partial charge in [-0.1, -0.05) is 25.1 Å². The number of hydrogen-bond donors (Lipinski definition) is 1. The number of nitrogens with zero attached hydrogens (tertiary/aromatic N) is 6. The molecule has 1 aliphatic heterocycles. The molecule has 0 spiro atoms. The maximum absolute atomic E-state index is 12.7. The van der Waals surface area contributed by atoms with E-state index in [4.69, 9.17) is 5.11 Å².